The largest absolute Gasteiger partial charge is 0.413 e. The fraction of sp³-hybridized carbons (Fsp3) is 0.250. The molecular weight excluding hydrogens is 422 g/mol. The van der Waals surface area contributed by atoms with E-state index in [0.29, 0.717) is 20.6 Å². The second-order valence-corrected chi connectivity index (χ2v) is 10.3. The highest BCUT2D eigenvalue weighted by molar-refractivity contribution is 7.98. The van der Waals surface area contributed by atoms with Crippen molar-refractivity contribution in [3.63, 3.8) is 0 Å². The first-order chi connectivity index (χ1) is 13.2. The smallest absolute Gasteiger partial charge is 0.286 e. The molecule has 1 aliphatic rings. The molecule has 1 aliphatic heterocycles. The van der Waals surface area contributed by atoms with Crippen LogP contribution in [0.15, 0.2) is 33.9 Å². The molecule has 0 amide bonds. The van der Waals surface area contributed by atoms with Gasteiger partial charge in [0.2, 0.25) is 11.8 Å². The van der Waals surface area contributed by atoms with E-state index >= 15 is 0 Å². The molecule has 0 bridgehead atoms. The molecule has 2 N–H and O–H groups in total. The van der Waals surface area contributed by atoms with Gasteiger partial charge in [-0.1, -0.05) is 11.6 Å². The van der Waals surface area contributed by atoms with Crippen LogP contribution in [-0.2, 0) is 15.2 Å². The van der Waals surface area contributed by atoms with Crippen LogP contribution in [0.1, 0.15) is 11.8 Å². The van der Waals surface area contributed by atoms with Gasteiger partial charge in [0.1, 0.15) is 5.54 Å². The Morgan fingerprint density at radius 2 is 2.04 bits per heavy atom. The van der Waals surface area contributed by atoms with Crippen molar-refractivity contribution >= 4 is 44.5 Å². The first-order valence-corrected chi connectivity index (χ1v) is 11.1. The van der Waals surface area contributed by atoms with Gasteiger partial charge in [-0.15, -0.1) is 21.5 Å². The summed E-state index contributed by atoms with van der Waals surface area (Å²) in [5, 5.41) is 8.50. The standard InChI is InChI=1S/C16H16ClN7O2S2/c1-16(8-28(3,25)24(2)15(18)21-16)11-9(17)7-10(27-11)13-22-23-14(26-13)12-19-5-4-6-20-12/h4-7H,3,8H2,1-2H3,(H2,18,21)/t16-,28?/m0/s1. The van der Waals surface area contributed by atoms with E-state index in [1.807, 2.05) is 6.92 Å². The summed E-state index contributed by atoms with van der Waals surface area (Å²) in [6, 6.07) is 3.41. The molecule has 1 unspecified atom stereocenters. The van der Waals surface area contributed by atoms with Crippen LogP contribution < -0.4 is 5.73 Å². The molecule has 0 spiro atoms. The van der Waals surface area contributed by atoms with E-state index in [4.69, 9.17) is 21.8 Å². The van der Waals surface area contributed by atoms with Gasteiger partial charge in [-0.05, 0) is 24.9 Å². The van der Waals surface area contributed by atoms with Crippen LogP contribution in [0.2, 0.25) is 5.02 Å². The molecule has 4 heterocycles. The van der Waals surface area contributed by atoms with Gasteiger partial charge in [-0.25, -0.2) is 19.2 Å². The third kappa shape index (κ3) is 3.15. The Morgan fingerprint density at radius 3 is 2.71 bits per heavy atom. The van der Waals surface area contributed by atoms with E-state index in [0.717, 1.165) is 0 Å². The minimum atomic E-state index is -2.61. The van der Waals surface area contributed by atoms with E-state index in [1.54, 1.807) is 31.6 Å². The van der Waals surface area contributed by atoms with Gasteiger partial charge in [0.25, 0.3) is 11.8 Å². The SMILES string of the molecule is C=S1(=O)C[C@@](C)(c2sc(-c3nnc(-c4ncccn4)o3)cc2Cl)N=C(N)N1C. The summed E-state index contributed by atoms with van der Waals surface area (Å²) in [6.45, 7) is 1.83. The van der Waals surface area contributed by atoms with Crippen molar-refractivity contribution in [2.45, 2.75) is 12.5 Å². The van der Waals surface area contributed by atoms with E-state index in [-0.39, 0.29) is 23.5 Å². The maximum atomic E-state index is 12.8. The van der Waals surface area contributed by atoms with Gasteiger partial charge in [-0.3, -0.25) is 4.31 Å². The summed E-state index contributed by atoms with van der Waals surface area (Å²) in [6.07, 6.45) is 3.18. The monoisotopic (exact) mass is 437 g/mol. The Balaban J connectivity index is 1.73. The lowest BCUT2D eigenvalue weighted by molar-refractivity contribution is 0.522. The summed E-state index contributed by atoms with van der Waals surface area (Å²) in [7, 11) is -1.00. The molecule has 0 saturated heterocycles. The van der Waals surface area contributed by atoms with Crippen LogP contribution in [0.5, 0.6) is 0 Å². The number of nitrogens with zero attached hydrogens (tertiary/aromatic N) is 6. The van der Waals surface area contributed by atoms with Crippen LogP contribution >= 0.6 is 22.9 Å². The number of guanidine groups is 1. The van der Waals surface area contributed by atoms with Gasteiger partial charge in [0, 0.05) is 19.4 Å². The molecule has 28 heavy (non-hydrogen) atoms. The topological polar surface area (TPSA) is 123 Å². The number of aromatic nitrogens is 4. The Kier molecular flexibility index (Phi) is 4.40. The van der Waals surface area contributed by atoms with Crippen LogP contribution in [0.4, 0.5) is 0 Å². The number of rotatable bonds is 3. The molecule has 0 radical (unpaired) electrons. The second kappa shape index (κ2) is 6.54. The van der Waals surface area contributed by atoms with Crippen molar-refractivity contribution in [3.05, 3.63) is 34.4 Å². The average molecular weight is 438 g/mol. The summed E-state index contributed by atoms with van der Waals surface area (Å²) in [4.78, 5) is 14.1. The molecular formula is C16H16ClN7O2S2. The molecule has 0 fully saturated rings. The van der Waals surface area contributed by atoms with Gasteiger partial charge in [0.15, 0.2) is 0 Å². The van der Waals surface area contributed by atoms with Crippen molar-refractivity contribution in [1.29, 1.82) is 0 Å². The van der Waals surface area contributed by atoms with Crippen LogP contribution in [0, 0.1) is 0 Å². The van der Waals surface area contributed by atoms with Crippen LogP contribution in [0.25, 0.3) is 22.5 Å². The number of aliphatic imine (C=N–C) groups is 1. The molecule has 4 rings (SSSR count). The molecule has 3 aromatic rings. The summed E-state index contributed by atoms with van der Waals surface area (Å²) >= 11 is 7.80. The number of hydrogen-bond acceptors (Lipinski definition) is 9. The first kappa shape index (κ1) is 18.8. The zero-order valence-corrected chi connectivity index (χ0v) is 17.4. The van der Waals surface area contributed by atoms with Crippen molar-refractivity contribution in [2.24, 2.45) is 10.7 Å². The maximum Gasteiger partial charge on any atom is 0.286 e. The highest BCUT2D eigenvalue weighted by Crippen LogP contribution is 2.44. The van der Waals surface area contributed by atoms with E-state index < -0.39 is 15.2 Å². The maximum absolute atomic E-state index is 12.8. The number of halogens is 1. The predicted octanol–water partition coefficient (Wildman–Crippen LogP) is 2.02. The molecule has 9 nitrogen and oxygen atoms in total. The van der Waals surface area contributed by atoms with Crippen molar-refractivity contribution in [1.82, 2.24) is 24.5 Å². The quantitative estimate of drug-likeness (QED) is 0.621. The zero-order valence-electron chi connectivity index (χ0n) is 15.0. The highest BCUT2D eigenvalue weighted by Gasteiger charge is 2.40. The van der Waals surface area contributed by atoms with Gasteiger partial charge < -0.3 is 10.2 Å². The van der Waals surface area contributed by atoms with Gasteiger partial charge in [-0.2, -0.15) is 0 Å². The van der Waals surface area contributed by atoms with E-state index in [1.165, 1.54) is 15.6 Å². The Morgan fingerprint density at radius 1 is 1.36 bits per heavy atom. The van der Waals surface area contributed by atoms with Crippen LogP contribution in [0.3, 0.4) is 0 Å². The Bertz CT molecular complexity index is 1170. The molecule has 0 saturated carbocycles. The van der Waals surface area contributed by atoms with Crippen molar-refractivity contribution < 1.29 is 8.63 Å². The number of hydrogen-bond donors (Lipinski definition) is 1. The molecule has 0 aromatic carbocycles. The first-order valence-electron chi connectivity index (χ1n) is 8.05. The molecule has 0 aliphatic carbocycles. The third-order valence-electron chi connectivity index (χ3n) is 4.26. The zero-order chi connectivity index (χ0) is 20.1. The fourth-order valence-electron chi connectivity index (χ4n) is 2.84. The molecule has 3 aromatic heterocycles. The predicted molar refractivity (Wildman–Crippen MR) is 111 cm³/mol. The molecule has 2 atom stereocenters. The van der Waals surface area contributed by atoms with E-state index in [2.05, 4.69) is 31.0 Å². The lowest BCUT2D eigenvalue weighted by atomic mass is 10.0. The highest BCUT2D eigenvalue weighted by atomic mass is 35.5. The summed E-state index contributed by atoms with van der Waals surface area (Å²) in [5.41, 5.74) is 5.09. The summed E-state index contributed by atoms with van der Waals surface area (Å²) in [5.74, 6) is 4.97. The Hall–Kier alpha value is -2.50. The molecule has 12 heteroatoms. The second-order valence-electron chi connectivity index (χ2n) is 6.43. The number of thiophene rings is 1. The number of nitrogens with two attached hydrogens (primary N) is 1. The Labute approximate surface area is 170 Å². The van der Waals surface area contributed by atoms with Gasteiger partial charge in [0.05, 0.1) is 30.2 Å². The fourth-order valence-corrected chi connectivity index (χ4v) is 6.15. The normalized spacial score (nSPS) is 25.0. The minimum Gasteiger partial charge on any atom is -0.413 e. The van der Waals surface area contributed by atoms with Crippen LogP contribution in [-0.4, -0.2) is 53.3 Å². The van der Waals surface area contributed by atoms with Gasteiger partial charge >= 0.3 is 0 Å². The third-order valence-corrected chi connectivity index (χ3v) is 8.24. The van der Waals surface area contributed by atoms with Crippen molar-refractivity contribution in [3.8, 4) is 22.5 Å². The lowest BCUT2D eigenvalue weighted by Crippen LogP contribution is -2.50. The lowest BCUT2D eigenvalue weighted by Gasteiger charge is -2.36. The average Bonchev–Trinajstić information content (AvgIpc) is 3.27. The summed E-state index contributed by atoms with van der Waals surface area (Å²) < 4.78 is 19.9. The van der Waals surface area contributed by atoms with E-state index in [9.17, 15) is 4.21 Å². The minimum absolute atomic E-state index is 0.154. The molecule has 146 valence electrons. The van der Waals surface area contributed by atoms with Crippen molar-refractivity contribution in [2.75, 3.05) is 12.8 Å².